The first kappa shape index (κ1) is 24.3. The van der Waals surface area contributed by atoms with E-state index in [1.807, 2.05) is 19.1 Å². The van der Waals surface area contributed by atoms with Crippen LogP contribution in [0.15, 0.2) is 70.5 Å². The van der Waals surface area contributed by atoms with Crippen LogP contribution in [0.3, 0.4) is 0 Å². The zero-order valence-electron chi connectivity index (χ0n) is 18.8. The van der Waals surface area contributed by atoms with E-state index in [0.29, 0.717) is 17.3 Å². The van der Waals surface area contributed by atoms with Crippen molar-refractivity contribution in [2.75, 3.05) is 6.61 Å². The summed E-state index contributed by atoms with van der Waals surface area (Å²) in [6.07, 6.45) is 3.50. The van der Waals surface area contributed by atoms with Crippen molar-refractivity contribution >= 4 is 22.8 Å². The van der Waals surface area contributed by atoms with Gasteiger partial charge >= 0.3 is 11.7 Å². The Morgan fingerprint density at radius 3 is 2.48 bits per heavy atom. The number of rotatable bonds is 10. The van der Waals surface area contributed by atoms with Crippen molar-refractivity contribution in [1.82, 2.24) is 18.7 Å². The fraction of sp³-hybridized carbons (Fsp3) is 0.292. The van der Waals surface area contributed by atoms with E-state index in [-0.39, 0.29) is 43.3 Å². The Bertz CT molecular complexity index is 1330. The lowest BCUT2D eigenvalue weighted by Gasteiger charge is -2.12. The molecule has 0 unspecified atom stereocenters. The van der Waals surface area contributed by atoms with Crippen molar-refractivity contribution in [2.24, 2.45) is 0 Å². The molecule has 2 heterocycles. The minimum Gasteiger partial charge on any atom is -0.425 e. The van der Waals surface area contributed by atoms with Gasteiger partial charge in [-0.25, -0.2) is 4.79 Å². The van der Waals surface area contributed by atoms with Crippen LogP contribution < -0.4 is 16.0 Å². The van der Waals surface area contributed by atoms with Crippen LogP contribution in [0.5, 0.6) is 6.01 Å². The number of aryl methyl sites for hydroxylation is 1. The lowest BCUT2D eigenvalue weighted by molar-refractivity contribution is 0.277. The molecule has 0 aliphatic carbocycles. The number of aliphatic hydroxyl groups excluding tert-OH is 1. The topological polar surface area (TPSA) is 91.3 Å². The minimum atomic E-state index is -0.492. The van der Waals surface area contributed by atoms with E-state index in [0.717, 1.165) is 15.7 Å². The van der Waals surface area contributed by atoms with E-state index in [1.165, 1.54) is 10.6 Å². The Morgan fingerprint density at radius 1 is 1.21 bits per heavy atom. The normalized spacial score (nSPS) is 11.7. The van der Waals surface area contributed by atoms with Gasteiger partial charge in [0.05, 0.1) is 6.54 Å². The highest BCUT2D eigenvalue weighted by Gasteiger charge is 2.22. The summed E-state index contributed by atoms with van der Waals surface area (Å²) < 4.78 is 10.2. The van der Waals surface area contributed by atoms with Crippen molar-refractivity contribution in [1.29, 1.82) is 0 Å². The number of aliphatic hydroxyl groups is 1. The van der Waals surface area contributed by atoms with Crippen LogP contribution in [0.2, 0.25) is 5.02 Å². The molecule has 9 heteroatoms. The predicted octanol–water partition coefficient (Wildman–Crippen LogP) is 3.49. The smallest absolute Gasteiger partial charge is 0.332 e. The molecule has 0 aliphatic rings. The number of benzene rings is 1. The van der Waals surface area contributed by atoms with Crippen LogP contribution in [-0.4, -0.2) is 30.4 Å². The standard InChI is InChI=1S/C24H27ClN4O4/c1-5-19(14-16(3)4)33-23-26-21-20(29(23)15-17-8-10-18(25)11-9-17)22(31)28(12-7-13-30)24(32)27(21)6-2/h5,8-11,14,30H,1,3,6-7,12-13,15H2,2,4H3/b19-14+. The first-order valence-electron chi connectivity index (χ1n) is 10.6. The summed E-state index contributed by atoms with van der Waals surface area (Å²) in [7, 11) is 0. The average Bonchev–Trinajstić information content (AvgIpc) is 3.12. The number of hydrogen-bond donors (Lipinski definition) is 1. The largest absolute Gasteiger partial charge is 0.425 e. The maximum Gasteiger partial charge on any atom is 0.332 e. The molecular weight excluding hydrogens is 444 g/mol. The lowest BCUT2D eigenvalue weighted by atomic mass is 10.2. The molecule has 8 nitrogen and oxygen atoms in total. The quantitative estimate of drug-likeness (QED) is 0.362. The molecule has 33 heavy (non-hydrogen) atoms. The highest BCUT2D eigenvalue weighted by atomic mass is 35.5. The molecule has 0 radical (unpaired) electrons. The molecule has 0 saturated carbocycles. The highest BCUT2D eigenvalue weighted by Crippen LogP contribution is 2.23. The number of aromatic nitrogens is 4. The summed E-state index contributed by atoms with van der Waals surface area (Å²) >= 11 is 6.02. The molecule has 3 aromatic rings. The minimum absolute atomic E-state index is 0.0971. The first-order valence-corrected chi connectivity index (χ1v) is 10.9. The summed E-state index contributed by atoms with van der Waals surface area (Å²) in [4.78, 5) is 30.9. The molecule has 1 aromatic carbocycles. The molecular formula is C24H27ClN4O4. The summed E-state index contributed by atoms with van der Waals surface area (Å²) in [5.41, 5.74) is 1.11. The van der Waals surface area contributed by atoms with Gasteiger partial charge < -0.3 is 9.84 Å². The molecule has 1 N–H and O–H groups in total. The number of halogens is 1. The van der Waals surface area contributed by atoms with Crippen molar-refractivity contribution in [3.05, 3.63) is 92.3 Å². The van der Waals surface area contributed by atoms with Crippen LogP contribution in [0, 0.1) is 0 Å². The lowest BCUT2D eigenvalue weighted by Crippen LogP contribution is -2.40. The Morgan fingerprint density at radius 2 is 1.91 bits per heavy atom. The second-order valence-corrected chi connectivity index (χ2v) is 7.98. The van der Waals surface area contributed by atoms with Gasteiger partial charge in [0.2, 0.25) is 0 Å². The number of fused-ring (bicyclic) bond motifs is 1. The summed E-state index contributed by atoms with van der Waals surface area (Å²) in [5.74, 6) is 0.404. The van der Waals surface area contributed by atoms with E-state index in [1.54, 1.807) is 29.7 Å². The summed E-state index contributed by atoms with van der Waals surface area (Å²) in [6, 6.07) is 7.35. The summed E-state index contributed by atoms with van der Waals surface area (Å²) in [5, 5.41) is 9.82. The Labute approximate surface area is 196 Å². The molecule has 174 valence electrons. The van der Waals surface area contributed by atoms with Gasteiger partial charge in [-0.3, -0.25) is 18.5 Å². The summed E-state index contributed by atoms with van der Waals surface area (Å²) in [6.45, 7) is 11.8. The second kappa shape index (κ2) is 10.5. The number of hydrogen-bond acceptors (Lipinski definition) is 5. The van der Waals surface area contributed by atoms with E-state index >= 15 is 0 Å². The highest BCUT2D eigenvalue weighted by molar-refractivity contribution is 6.30. The van der Waals surface area contributed by atoms with Crippen LogP contribution in [0.25, 0.3) is 11.2 Å². The van der Waals surface area contributed by atoms with E-state index in [9.17, 15) is 14.7 Å². The fourth-order valence-electron chi connectivity index (χ4n) is 3.46. The van der Waals surface area contributed by atoms with Crippen molar-refractivity contribution in [2.45, 2.75) is 39.9 Å². The van der Waals surface area contributed by atoms with Crippen molar-refractivity contribution in [3.63, 3.8) is 0 Å². The number of nitrogens with zero attached hydrogens (tertiary/aromatic N) is 4. The van der Waals surface area contributed by atoms with Gasteiger partial charge in [0.1, 0.15) is 5.76 Å². The van der Waals surface area contributed by atoms with Gasteiger partial charge in [-0.15, -0.1) is 0 Å². The Balaban J connectivity index is 2.31. The average molecular weight is 471 g/mol. The molecule has 0 saturated heterocycles. The molecule has 0 fully saturated rings. The molecule has 2 aromatic heterocycles. The third kappa shape index (κ3) is 5.18. The van der Waals surface area contributed by atoms with Crippen LogP contribution in [0.4, 0.5) is 0 Å². The van der Waals surface area contributed by atoms with Gasteiger partial charge in [0, 0.05) is 24.7 Å². The number of ether oxygens (including phenoxy) is 1. The monoisotopic (exact) mass is 470 g/mol. The van der Waals surface area contributed by atoms with Gasteiger partial charge in [-0.1, -0.05) is 42.5 Å². The molecule has 0 atom stereocenters. The Kier molecular flexibility index (Phi) is 7.73. The maximum atomic E-state index is 13.4. The van der Waals surface area contributed by atoms with Gasteiger partial charge in [-0.05, 0) is 50.1 Å². The predicted molar refractivity (Wildman–Crippen MR) is 130 cm³/mol. The molecule has 0 spiro atoms. The molecule has 0 bridgehead atoms. The molecule has 0 amide bonds. The van der Waals surface area contributed by atoms with E-state index in [4.69, 9.17) is 16.3 Å². The third-order valence-corrected chi connectivity index (χ3v) is 5.24. The number of imidazole rings is 1. The molecule has 0 aliphatic heterocycles. The van der Waals surface area contributed by atoms with Gasteiger partial charge in [0.25, 0.3) is 5.56 Å². The Hall–Kier alpha value is -3.36. The van der Waals surface area contributed by atoms with Crippen LogP contribution in [-0.2, 0) is 19.6 Å². The zero-order valence-corrected chi connectivity index (χ0v) is 19.5. The van der Waals surface area contributed by atoms with Crippen LogP contribution >= 0.6 is 11.6 Å². The fourth-order valence-corrected chi connectivity index (χ4v) is 3.58. The van der Waals surface area contributed by atoms with E-state index < -0.39 is 11.2 Å². The van der Waals surface area contributed by atoms with Crippen molar-refractivity contribution in [3.8, 4) is 6.01 Å². The zero-order chi connectivity index (χ0) is 24.1. The number of allylic oxidation sites excluding steroid dienone is 3. The van der Waals surface area contributed by atoms with Gasteiger partial charge in [0.15, 0.2) is 11.2 Å². The van der Waals surface area contributed by atoms with E-state index in [2.05, 4.69) is 18.1 Å². The molecule has 3 rings (SSSR count). The SMILES string of the molecule is C=C/C(=C\C(=C)C)Oc1nc2c(c(=O)n(CCCO)c(=O)n2CC)n1Cc1ccc(Cl)cc1. The third-order valence-electron chi connectivity index (χ3n) is 4.99. The maximum absolute atomic E-state index is 13.4. The van der Waals surface area contributed by atoms with Crippen LogP contribution in [0.1, 0.15) is 25.8 Å². The first-order chi connectivity index (χ1) is 15.8. The van der Waals surface area contributed by atoms with Gasteiger partial charge in [-0.2, -0.15) is 4.98 Å². The van der Waals surface area contributed by atoms with Crippen molar-refractivity contribution < 1.29 is 9.84 Å². The second-order valence-electron chi connectivity index (χ2n) is 7.54.